The molecule has 1 aliphatic heterocycles. The van der Waals surface area contributed by atoms with E-state index >= 15 is 0 Å². The summed E-state index contributed by atoms with van der Waals surface area (Å²) in [6.07, 6.45) is -1.81. The van der Waals surface area contributed by atoms with Gasteiger partial charge in [-0.25, -0.2) is 4.98 Å². The van der Waals surface area contributed by atoms with Gasteiger partial charge in [-0.05, 0) is 15.9 Å². The summed E-state index contributed by atoms with van der Waals surface area (Å²) in [7, 11) is -2.12. The summed E-state index contributed by atoms with van der Waals surface area (Å²) in [5.74, 6) is -0.0339. The Balaban J connectivity index is 0.000000471. The lowest BCUT2D eigenvalue weighted by molar-refractivity contribution is -0.0439. The van der Waals surface area contributed by atoms with Crippen LogP contribution in [0.4, 0.5) is 5.95 Å². The standard InChI is InChI=1S/C10H12BrN5O4.H4NO2P/c11-9-13-6-7(14-10(12)15-8(6)19)16(9)5-1-3(18)4(2-17)20-5;1-4(2)3/h3-5,17-18H,1-2H2,(H3,12,14,15,19);2-3H,1H2/t3-,4+,5+;/m0./s1. The molecule has 2 aromatic heterocycles. The number of imidazole rings is 1. The Labute approximate surface area is 144 Å². The lowest BCUT2D eigenvalue weighted by Gasteiger charge is -2.14. The quantitative estimate of drug-likeness (QED) is 0.213. The van der Waals surface area contributed by atoms with Crippen LogP contribution in [-0.2, 0) is 4.74 Å². The molecule has 3 rings (SSSR count). The second-order valence-corrected chi connectivity index (χ2v) is 6.16. The van der Waals surface area contributed by atoms with Crippen LogP contribution in [0.15, 0.2) is 9.53 Å². The first kappa shape index (κ1) is 19.1. The van der Waals surface area contributed by atoms with Gasteiger partial charge in [-0.3, -0.25) is 19.8 Å². The number of rotatable bonds is 2. The largest absolute Gasteiger partial charge is 0.394 e. The number of ether oxygens (including phenoxy) is 1. The van der Waals surface area contributed by atoms with Gasteiger partial charge in [0.15, 0.2) is 15.9 Å². The van der Waals surface area contributed by atoms with Gasteiger partial charge in [0.25, 0.3) is 5.56 Å². The first-order valence-electron chi connectivity index (χ1n) is 6.54. The van der Waals surface area contributed by atoms with Crippen LogP contribution in [0.1, 0.15) is 12.6 Å². The summed E-state index contributed by atoms with van der Waals surface area (Å²) in [5.41, 5.74) is 9.74. The number of nitrogens with two attached hydrogens (primary N) is 2. The van der Waals surface area contributed by atoms with Crippen LogP contribution in [0.25, 0.3) is 11.2 Å². The van der Waals surface area contributed by atoms with Crippen molar-refractivity contribution >= 4 is 41.6 Å². The molecule has 24 heavy (non-hydrogen) atoms. The highest BCUT2D eigenvalue weighted by Crippen LogP contribution is 2.33. The molecule has 0 saturated carbocycles. The molecule has 0 amide bonds. The predicted molar refractivity (Wildman–Crippen MR) is 87.4 cm³/mol. The highest BCUT2D eigenvalue weighted by Gasteiger charge is 2.36. The normalized spacial score (nSPS) is 23.5. The van der Waals surface area contributed by atoms with E-state index in [2.05, 4.69) is 36.4 Å². The van der Waals surface area contributed by atoms with E-state index in [-0.39, 0.29) is 30.1 Å². The molecule has 2 aromatic rings. The average Bonchev–Trinajstić information content (AvgIpc) is 2.98. The molecule has 9 N–H and O–H groups in total. The molecule has 0 unspecified atom stereocenters. The smallest absolute Gasteiger partial charge is 0.280 e. The minimum absolute atomic E-state index is 0.0339. The van der Waals surface area contributed by atoms with Gasteiger partial charge in [-0.2, -0.15) is 4.98 Å². The summed E-state index contributed by atoms with van der Waals surface area (Å²) in [6, 6.07) is 0. The number of aliphatic hydroxyl groups is 2. The number of aromatic amines is 1. The third-order valence-electron chi connectivity index (χ3n) is 3.20. The number of nitrogen functional groups attached to an aromatic ring is 1. The Morgan fingerprint density at radius 2 is 2.08 bits per heavy atom. The fourth-order valence-electron chi connectivity index (χ4n) is 2.27. The van der Waals surface area contributed by atoms with Gasteiger partial charge in [0, 0.05) is 6.42 Å². The number of anilines is 1. The molecule has 0 bridgehead atoms. The summed E-state index contributed by atoms with van der Waals surface area (Å²) in [5, 5.41) is 18.9. The second kappa shape index (κ2) is 7.80. The SMILES string of the molecule is NP(O)O.Nc1nc2c(nc(Br)n2[C@H]2C[C@H](O)[C@@H](CO)O2)c(=O)[nH]1. The Morgan fingerprint density at radius 1 is 1.46 bits per heavy atom. The molecule has 0 aromatic carbocycles. The number of aromatic nitrogens is 4. The summed E-state index contributed by atoms with van der Waals surface area (Å²) in [6.45, 7) is -0.294. The highest BCUT2D eigenvalue weighted by molar-refractivity contribution is 9.10. The van der Waals surface area contributed by atoms with Crippen molar-refractivity contribution in [3.8, 4) is 0 Å². The van der Waals surface area contributed by atoms with Crippen LogP contribution < -0.4 is 16.8 Å². The molecule has 1 aliphatic rings. The molecule has 12 nitrogen and oxygen atoms in total. The molecule has 14 heteroatoms. The first-order valence-corrected chi connectivity index (χ1v) is 8.65. The molecule has 0 radical (unpaired) electrons. The zero-order chi connectivity index (χ0) is 18.0. The maximum atomic E-state index is 11.8. The van der Waals surface area contributed by atoms with E-state index in [4.69, 9.17) is 25.4 Å². The maximum absolute atomic E-state index is 11.8. The van der Waals surface area contributed by atoms with E-state index < -0.39 is 32.5 Å². The van der Waals surface area contributed by atoms with Crippen molar-refractivity contribution in [2.75, 3.05) is 12.3 Å². The predicted octanol–water partition coefficient (Wildman–Crippen LogP) is -1.74. The van der Waals surface area contributed by atoms with Crippen LogP contribution in [0.3, 0.4) is 0 Å². The van der Waals surface area contributed by atoms with Crippen LogP contribution in [0.2, 0.25) is 0 Å². The lowest BCUT2D eigenvalue weighted by atomic mass is 10.2. The molecule has 0 spiro atoms. The Kier molecular flexibility index (Phi) is 6.22. The molecular weight excluding hydrogens is 411 g/mol. The van der Waals surface area contributed by atoms with Crippen molar-refractivity contribution in [3.63, 3.8) is 0 Å². The summed E-state index contributed by atoms with van der Waals surface area (Å²) in [4.78, 5) is 37.1. The van der Waals surface area contributed by atoms with E-state index in [1.54, 1.807) is 0 Å². The number of hydrogen-bond acceptors (Lipinski definition) is 10. The Hall–Kier alpha value is -1.18. The van der Waals surface area contributed by atoms with E-state index in [0.29, 0.717) is 4.73 Å². The van der Waals surface area contributed by atoms with Gasteiger partial charge in [0.05, 0.1) is 12.7 Å². The third-order valence-corrected chi connectivity index (χ3v) is 3.76. The van der Waals surface area contributed by atoms with Gasteiger partial charge in [-0.15, -0.1) is 0 Å². The van der Waals surface area contributed by atoms with Gasteiger partial charge >= 0.3 is 0 Å². The van der Waals surface area contributed by atoms with Crippen molar-refractivity contribution in [3.05, 3.63) is 15.1 Å². The van der Waals surface area contributed by atoms with Gasteiger partial charge in [0.1, 0.15) is 12.3 Å². The van der Waals surface area contributed by atoms with Gasteiger partial charge in [-0.1, -0.05) is 0 Å². The van der Waals surface area contributed by atoms with Crippen molar-refractivity contribution < 1.29 is 24.7 Å². The zero-order valence-electron chi connectivity index (χ0n) is 12.1. The van der Waals surface area contributed by atoms with E-state index in [0.717, 1.165) is 0 Å². The summed E-state index contributed by atoms with van der Waals surface area (Å²) >= 11 is 3.23. The van der Waals surface area contributed by atoms with E-state index in [1.807, 2.05) is 0 Å². The van der Waals surface area contributed by atoms with Crippen molar-refractivity contribution in [2.24, 2.45) is 5.50 Å². The van der Waals surface area contributed by atoms with Crippen molar-refractivity contribution in [2.45, 2.75) is 24.9 Å². The van der Waals surface area contributed by atoms with Crippen LogP contribution in [0.5, 0.6) is 0 Å². The number of nitrogens with one attached hydrogen (secondary N) is 1. The van der Waals surface area contributed by atoms with Crippen LogP contribution in [-0.4, -0.2) is 58.3 Å². The molecular formula is C10H16BrN6O6P. The molecule has 3 heterocycles. The zero-order valence-corrected chi connectivity index (χ0v) is 14.6. The van der Waals surface area contributed by atoms with Gasteiger partial charge < -0.3 is 30.5 Å². The summed E-state index contributed by atoms with van der Waals surface area (Å²) < 4.78 is 7.40. The molecule has 1 saturated heterocycles. The number of H-pyrrole nitrogens is 1. The van der Waals surface area contributed by atoms with E-state index in [1.165, 1.54) is 4.57 Å². The Morgan fingerprint density at radius 3 is 2.62 bits per heavy atom. The molecule has 134 valence electrons. The van der Waals surface area contributed by atoms with Crippen molar-refractivity contribution in [1.29, 1.82) is 0 Å². The number of fused-ring (bicyclic) bond motifs is 1. The van der Waals surface area contributed by atoms with E-state index in [9.17, 15) is 9.90 Å². The maximum Gasteiger partial charge on any atom is 0.280 e. The fraction of sp³-hybridized carbons (Fsp3) is 0.500. The number of hydrogen-bond donors (Lipinski definition) is 7. The van der Waals surface area contributed by atoms with Crippen LogP contribution in [0, 0.1) is 0 Å². The average molecular weight is 427 g/mol. The van der Waals surface area contributed by atoms with Gasteiger partial charge in [0.2, 0.25) is 14.5 Å². The molecule has 1 fully saturated rings. The monoisotopic (exact) mass is 426 g/mol. The number of aliphatic hydroxyl groups excluding tert-OH is 2. The number of halogens is 1. The minimum Gasteiger partial charge on any atom is -0.394 e. The van der Waals surface area contributed by atoms with Crippen molar-refractivity contribution in [1.82, 2.24) is 19.5 Å². The minimum atomic E-state index is -2.12. The highest BCUT2D eigenvalue weighted by atomic mass is 79.9. The molecule has 0 aliphatic carbocycles. The fourth-order valence-corrected chi connectivity index (χ4v) is 2.84. The number of nitrogens with zero attached hydrogens (tertiary/aromatic N) is 3. The lowest BCUT2D eigenvalue weighted by Crippen LogP contribution is -2.24. The third kappa shape index (κ3) is 4.07. The molecule has 3 atom stereocenters. The topological polar surface area (TPSA) is 206 Å². The Bertz CT molecular complexity index is 765. The van der Waals surface area contributed by atoms with Crippen LogP contribution >= 0.6 is 24.5 Å². The second-order valence-electron chi connectivity index (χ2n) is 4.81. The first-order chi connectivity index (χ1) is 11.2.